The summed E-state index contributed by atoms with van der Waals surface area (Å²) in [6, 6.07) is 0. The zero-order valence-corrected chi connectivity index (χ0v) is 14.3. The van der Waals surface area contributed by atoms with E-state index in [1.54, 1.807) is 0 Å². The average molecular weight is 470 g/mol. The number of carbonyl (C=O) groups excluding carboxylic acids is 2. The van der Waals surface area contributed by atoms with Gasteiger partial charge >= 0.3 is 32.3 Å². The molecule has 17 heavy (non-hydrogen) atoms. The van der Waals surface area contributed by atoms with Gasteiger partial charge in [-0.3, -0.25) is 9.59 Å². The second-order valence-electron chi connectivity index (χ2n) is 2.88. The van der Waals surface area contributed by atoms with Crippen LogP contribution in [0, 0.1) is 27.8 Å². The molecule has 0 rings (SSSR count). The van der Waals surface area contributed by atoms with Crippen molar-refractivity contribution in [1.82, 2.24) is 0 Å². The normalized spacial score (nSPS) is 9.88. The first-order valence-corrected chi connectivity index (χ1v) is 7.82. The Morgan fingerprint density at radius 1 is 0.824 bits per heavy atom. The molecule has 96 valence electrons. The van der Waals surface area contributed by atoms with E-state index in [0.717, 1.165) is 0 Å². The molecule has 0 fully saturated rings. The van der Waals surface area contributed by atoms with E-state index in [0.29, 0.717) is 0 Å². The van der Waals surface area contributed by atoms with Crippen LogP contribution in [-0.4, -0.2) is 21.8 Å². The van der Waals surface area contributed by atoms with E-state index in [9.17, 15) is 9.59 Å². The Morgan fingerprint density at radius 3 is 1.00 bits per heavy atom. The van der Waals surface area contributed by atoms with E-state index in [4.69, 9.17) is 14.7 Å². The summed E-state index contributed by atoms with van der Waals surface area (Å²) in [5, 5.41) is 16.7. The second kappa shape index (κ2) is 15.1. The quantitative estimate of drug-likeness (QED) is 0.471. The van der Waals surface area contributed by atoms with Crippen molar-refractivity contribution < 1.29 is 52.1 Å². The van der Waals surface area contributed by atoms with Crippen molar-refractivity contribution in [2.24, 2.45) is 0 Å². The molecule has 0 atom stereocenters. The van der Waals surface area contributed by atoms with Crippen LogP contribution in [0.2, 0.25) is 0 Å². The van der Waals surface area contributed by atoms with Gasteiger partial charge in [-0.2, -0.15) is 0 Å². The van der Waals surface area contributed by atoms with Gasteiger partial charge in [0.1, 0.15) is 0 Å². The van der Waals surface area contributed by atoms with Crippen molar-refractivity contribution in [2.45, 2.75) is 27.7 Å². The third-order valence-corrected chi connectivity index (χ3v) is 0.824. The summed E-state index contributed by atoms with van der Waals surface area (Å²) in [6.45, 7) is 5.70. The molecular weight excluding hydrogens is 454 g/mol. The zero-order valence-electron chi connectivity index (χ0n) is 10.2. The fraction of sp³-hybridized carbons (Fsp3) is 0.400. The number of rotatable bonds is 2. The number of carbonyl (C=O) groups is 2. The van der Waals surface area contributed by atoms with Crippen molar-refractivity contribution in [2.75, 3.05) is 0 Å². The number of hydrogen-bond donors (Lipinski definition) is 2. The molecule has 0 saturated carbocycles. The zero-order chi connectivity index (χ0) is 14.4. The van der Waals surface area contributed by atoms with Crippen molar-refractivity contribution in [3.63, 3.8) is 0 Å². The first-order chi connectivity index (χ1) is 7.67. The van der Waals surface area contributed by atoms with Gasteiger partial charge in [-0.15, -0.1) is 0 Å². The molecule has 0 radical (unpaired) electrons. The predicted molar refractivity (Wildman–Crippen MR) is 55.5 cm³/mol. The fourth-order valence-electron chi connectivity index (χ4n) is 0.588. The summed E-state index contributed by atoms with van der Waals surface area (Å²) in [7, 11) is 0. The first-order valence-electron chi connectivity index (χ1n) is 4.42. The van der Waals surface area contributed by atoms with Crippen molar-refractivity contribution in [3.05, 3.63) is 23.7 Å². The molecule has 7 heteroatoms. The molecule has 0 spiro atoms. The van der Waals surface area contributed by atoms with E-state index in [1.807, 2.05) is 0 Å². The predicted octanol–water partition coefficient (Wildman–Crippen LogP) is 1.84. The van der Waals surface area contributed by atoms with Gasteiger partial charge in [-0.25, -0.2) is 0 Å². The van der Waals surface area contributed by atoms with Crippen LogP contribution in [0.15, 0.2) is 23.7 Å². The summed E-state index contributed by atoms with van der Waals surface area (Å²) in [6.07, 6.45) is 2.33. The van der Waals surface area contributed by atoms with Crippen LogP contribution in [0.5, 0.6) is 0 Å². The molecule has 0 aliphatic heterocycles. The summed E-state index contributed by atoms with van der Waals surface area (Å²) in [4.78, 5) is 20.0. The van der Waals surface area contributed by atoms with Crippen LogP contribution in [0.25, 0.3) is 0 Å². The molecule has 0 aliphatic carbocycles. The Bertz CT molecular complexity index is 301. The maximum atomic E-state index is 10.0. The van der Waals surface area contributed by atoms with Gasteiger partial charge in [0.25, 0.3) is 0 Å². The minimum absolute atomic E-state index is 0.0625. The van der Waals surface area contributed by atoms with Gasteiger partial charge in [0.2, 0.25) is 0 Å². The summed E-state index contributed by atoms with van der Waals surface area (Å²) >= 11 is -2.51. The molecule has 0 aromatic rings. The number of hydrogen-bond acceptors (Lipinski definition) is 6. The standard InChI is InChI=1S/2C5H8O2.2O.U/c2*1-4(6)3-5(2)7;;;/h2*3,6H,1-2H3;;;/b2*4-3-;;;. The molecule has 0 aliphatic rings. The number of allylic oxidation sites excluding steroid dienone is 4. The van der Waals surface area contributed by atoms with Gasteiger partial charge < -0.3 is 10.2 Å². The summed E-state index contributed by atoms with van der Waals surface area (Å²) in [5.41, 5.74) is 0. The Hall–Kier alpha value is -0.928. The molecule has 0 aromatic carbocycles. The van der Waals surface area contributed by atoms with Gasteiger partial charge in [0, 0.05) is 12.2 Å². The van der Waals surface area contributed by atoms with Gasteiger partial charge in [0.05, 0.1) is 11.5 Å². The Morgan fingerprint density at radius 2 is 1.00 bits per heavy atom. The van der Waals surface area contributed by atoms with E-state index in [-0.39, 0.29) is 23.1 Å². The molecular formula is C10H16O6U. The van der Waals surface area contributed by atoms with Crippen LogP contribution in [-0.2, 0) is 14.1 Å². The molecule has 0 saturated heterocycles. The van der Waals surface area contributed by atoms with E-state index >= 15 is 0 Å². The monoisotopic (exact) mass is 470 g/mol. The summed E-state index contributed by atoms with van der Waals surface area (Å²) in [5.74, 6) is -0.125. The Kier molecular flexibility index (Phi) is 18.9. The van der Waals surface area contributed by atoms with Crippen LogP contribution in [0.1, 0.15) is 27.7 Å². The molecule has 0 unspecified atom stereocenters. The SMILES string of the molecule is CC(=O)/C=C(/C)O.CC(=O)/C=C(/C)O.[O]=[U]=[O]. The molecule has 6 nitrogen and oxygen atoms in total. The van der Waals surface area contributed by atoms with Gasteiger partial charge in [0.15, 0.2) is 11.6 Å². The molecule has 0 aromatic heterocycles. The molecule has 0 amide bonds. The maximum absolute atomic E-state index is 10.0. The van der Waals surface area contributed by atoms with Crippen LogP contribution < -0.4 is 0 Å². The topological polar surface area (TPSA) is 109 Å². The first kappa shape index (κ1) is 21.4. The number of ketones is 2. The average Bonchev–Trinajstić information content (AvgIpc) is 1.99. The summed E-state index contributed by atoms with van der Waals surface area (Å²) < 4.78 is 17.2. The Balaban J connectivity index is -0.000000188. The third kappa shape index (κ3) is 51.5. The van der Waals surface area contributed by atoms with E-state index in [1.165, 1.54) is 39.8 Å². The fourth-order valence-corrected chi connectivity index (χ4v) is 0.588. The number of aliphatic hydroxyl groups is 2. The van der Waals surface area contributed by atoms with Crippen molar-refractivity contribution in [1.29, 1.82) is 0 Å². The van der Waals surface area contributed by atoms with Crippen LogP contribution in [0.4, 0.5) is 0 Å². The van der Waals surface area contributed by atoms with Crippen molar-refractivity contribution >= 4 is 11.6 Å². The van der Waals surface area contributed by atoms with Crippen molar-refractivity contribution in [3.8, 4) is 0 Å². The van der Waals surface area contributed by atoms with E-state index < -0.39 is 27.8 Å². The second-order valence-corrected chi connectivity index (χ2v) is 3.57. The van der Waals surface area contributed by atoms with Crippen LogP contribution >= 0.6 is 0 Å². The minimum atomic E-state index is -2.51. The molecule has 2 N–H and O–H groups in total. The third-order valence-electron chi connectivity index (χ3n) is 0.824. The molecule has 0 heterocycles. The van der Waals surface area contributed by atoms with Crippen LogP contribution in [0.3, 0.4) is 0 Å². The van der Waals surface area contributed by atoms with E-state index in [2.05, 4.69) is 0 Å². The molecule has 0 bridgehead atoms. The van der Waals surface area contributed by atoms with Gasteiger partial charge in [-0.1, -0.05) is 0 Å². The Labute approximate surface area is 115 Å². The van der Waals surface area contributed by atoms with Gasteiger partial charge in [-0.05, 0) is 27.7 Å². The number of aliphatic hydroxyl groups excluding tert-OH is 2.